The number of rotatable bonds is 42. The van der Waals surface area contributed by atoms with E-state index >= 15 is 0 Å². The summed E-state index contributed by atoms with van der Waals surface area (Å²) in [7, 11) is 0. The molecule has 1 fully saturated rings. The van der Waals surface area contributed by atoms with Gasteiger partial charge in [0.2, 0.25) is 5.91 Å². The molecule has 1 aliphatic heterocycles. The minimum atomic E-state index is -1.61. The zero-order valence-electron chi connectivity index (χ0n) is 38.1. The number of unbranched alkanes of at least 4 members (excludes halogenated alkanes) is 31. The van der Waals surface area contributed by atoms with Crippen LogP contribution in [-0.2, 0) is 14.3 Å². The van der Waals surface area contributed by atoms with Gasteiger partial charge in [-0.15, -0.1) is 0 Å². The standard InChI is InChI=1S/C49H95NO9/c1-3-5-7-9-11-13-15-17-19-21-23-25-27-29-31-33-35-37-42(52)41(40-58-49-47(56)46(55)45(54)44(39-51)59-49)50-48(57)43(53)38-36-34-32-30-28-26-24-22-20-18-16-14-12-10-8-6-4-2/h35,37,41-47,49,51-56H,3-34,36,38-40H2,1-2H3,(H,50,57)/b37-35+. The number of carbonyl (C=O) groups is 1. The molecule has 10 nitrogen and oxygen atoms in total. The van der Waals surface area contributed by atoms with Gasteiger partial charge < -0.3 is 45.4 Å². The van der Waals surface area contributed by atoms with E-state index in [4.69, 9.17) is 9.47 Å². The third kappa shape index (κ3) is 29.8. The van der Waals surface area contributed by atoms with Crippen molar-refractivity contribution in [2.75, 3.05) is 13.2 Å². The number of hydrogen-bond acceptors (Lipinski definition) is 9. The van der Waals surface area contributed by atoms with E-state index in [2.05, 4.69) is 19.2 Å². The fourth-order valence-corrected chi connectivity index (χ4v) is 8.11. The second-order valence-electron chi connectivity index (χ2n) is 17.8. The molecular formula is C49H95NO9. The molecule has 7 N–H and O–H groups in total. The Labute approximate surface area is 361 Å². The summed E-state index contributed by atoms with van der Waals surface area (Å²) < 4.78 is 11.2. The van der Waals surface area contributed by atoms with Crippen LogP contribution in [0.2, 0.25) is 0 Å². The topological polar surface area (TPSA) is 169 Å². The normalized spacial score (nSPS) is 21.3. The van der Waals surface area contributed by atoms with Gasteiger partial charge >= 0.3 is 0 Å². The van der Waals surface area contributed by atoms with Gasteiger partial charge in [0, 0.05) is 0 Å². The van der Waals surface area contributed by atoms with Gasteiger partial charge in [0.25, 0.3) is 0 Å². The maximum absolute atomic E-state index is 13.1. The smallest absolute Gasteiger partial charge is 0.249 e. The Morgan fingerprint density at radius 2 is 0.966 bits per heavy atom. The van der Waals surface area contributed by atoms with Crippen LogP contribution in [-0.4, -0.2) is 98.7 Å². The van der Waals surface area contributed by atoms with Gasteiger partial charge in [-0.1, -0.05) is 225 Å². The number of ether oxygens (including phenoxy) is 2. The van der Waals surface area contributed by atoms with Crippen molar-refractivity contribution in [2.45, 2.75) is 281 Å². The van der Waals surface area contributed by atoms with E-state index < -0.39 is 61.5 Å². The highest BCUT2D eigenvalue weighted by atomic mass is 16.7. The Morgan fingerprint density at radius 3 is 1.37 bits per heavy atom. The zero-order chi connectivity index (χ0) is 43.2. The third-order valence-corrected chi connectivity index (χ3v) is 12.2. The molecule has 8 unspecified atom stereocenters. The summed E-state index contributed by atoms with van der Waals surface area (Å²) in [6.07, 6.45) is 35.8. The molecule has 1 heterocycles. The van der Waals surface area contributed by atoms with Crippen LogP contribution in [0.3, 0.4) is 0 Å². The minimum absolute atomic E-state index is 0.301. The van der Waals surface area contributed by atoms with Crippen LogP contribution >= 0.6 is 0 Å². The van der Waals surface area contributed by atoms with Crippen LogP contribution in [0.25, 0.3) is 0 Å². The van der Waals surface area contributed by atoms with Crippen LogP contribution in [0, 0.1) is 0 Å². The van der Waals surface area contributed by atoms with Gasteiger partial charge in [-0.3, -0.25) is 4.79 Å². The Bertz CT molecular complexity index is 952. The van der Waals surface area contributed by atoms with E-state index in [-0.39, 0.29) is 6.61 Å². The molecule has 1 rings (SSSR count). The van der Waals surface area contributed by atoms with E-state index in [9.17, 15) is 35.4 Å². The van der Waals surface area contributed by atoms with Crippen molar-refractivity contribution in [3.63, 3.8) is 0 Å². The van der Waals surface area contributed by atoms with E-state index in [1.54, 1.807) is 6.08 Å². The van der Waals surface area contributed by atoms with Crippen LogP contribution in [0.4, 0.5) is 0 Å². The van der Waals surface area contributed by atoms with Crippen molar-refractivity contribution in [1.82, 2.24) is 5.32 Å². The monoisotopic (exact) mass is 842 g/mol. The molecule has 1 saturated heterocycles. The van der Waals surface area contributed by atoms with Gasteiger partial charge in [-0.2, -0.15) is 0 Å². The first-order valence-corrected chi connectivity index (χ1v) is 25.0. The average molecular weight is 842 g/mol. The molecule has 1 aliphatic rings. The lowest BCUT2D eigenvalue weighted by Crippen LogP contribution is -2.60. The van der Waals surface area contributed by atoms with Crippen LogP contribution in [0.1, 0.15) is 232 Å². The van der Waals surface area contributed by atoms with Gasteiger partial charge in [0.1, 0.15) is 30.5 Å². The van der Waals surface area contributed by atoms with Gasteiger partial charge in [0.15, 0.2) is 6.29 Å². The van der Waals surface area contributed by atoms with Crippen molar-refractivity contribution in [2.24, 2.45) is 0 Å². The molecule has 0 radical (unpaired) electrons. The molecule has 0 spiro atoms. The fraction of sp³-hybridized carbons (Fsp3) is 0.939. The first-order chi connectivity index (χ1) is 28.8. The van der Waals surface area contributed by atoms with Crippen LogP contribution < -0.4 is 5.32 Å². The maximum atomic E-state index is 13.1. The Kier molecular flexibility index (Phi) is 37.6. The molecule has 0 bridgehead atoms. The van der Waals surface area contributed by atoms with Gasteiger partial charge in [-0.25, -0.2) is 0 Å². The molecular weight excluding hydrogens is 747 g/mol. The molecule has 350 valence electrons. The molecule has 8 atom stereocenters. The molecule has 59 heavy (non-hydrogen) atoms. The molecule has 1 amide bonds. The van der Waals surface area contributed by atoms with Gasteiger partial charge in [0.05, 0.1) is 25.4 Å². The SMILES string of the molecule is CCCCCCCCCCCCCCCCC/C=C/C(O)C(COC1OC(CO)C(O)C(O)C1O)NC(=O)C(O)CCCCCCCCCCCCCCCCCCC. The second kappa shape index (κ2) is 39.7. The van der Waals surface area contributed by atoms with Crippen molar-refractivity contribution in [3.05, 3.63) is 12.2 Å². The number of aliphatic hydroxyl groups excluding tert-OH is 6. The highest BCUT2D eigenvalue weighted by molar-refractivity contribution is 5.80. The van der Waals surface area contributed by atoms with E-state index in [0.717, 1.165) is 44.9 Å². The summed E-state index contributed by atoms with van der Waals surface area (Å²) in [6, 6.07) is -0.975. The average Bonchev–Trinajstić information content (AvgIpc) is 3.23. The zero-order valence-corrected chi connectivity index (χ0v) is 38.1. The number of nitrogens with one attached hydrogen (secondary N) is 1. The number of amides is 1. The molecule has 10 heteroatoms. The first-order valence-electron chi connectivity index (χ1n) is 25.0. The van der Waals surface area contributed by atoms with E-state index in [1.807, 2.05) is 6.08 Å². The van der Waals surface area contributed by atoms with Crippen molar-refractivity contribution < 1.29 is 44.9 Å². The summed E-state index contributed by atoms with van der Waals surface area (Å²) in [4.78, 5) is 13.1. The van der Waals surface area contributed by atoms with Gasteiger partial charge in [-0.05, 0) is 19.3 Å². The highest BCUT2D eigenvalue weighted by Gasteiger charge is 2.44. The molecule has 0 aromatic rings. The Morgan fingerprint density at radius 1 is 0.576 bits per heavy atom. The lowest BCUT2D eigenvalue weighted by molar-refractivity contribution is -0.302. The lowest BCUT2D eigenvalue weighted by Gasteiger charge is -2.40. The number of aliphatic hydroxyl groups is 6. The number of hydrogen-bond donors (Lipinski definition) is 7. The summed E-state index contributed by atoms with van der Waals surface area (Å²) in [5.41, 5.74) is 0. The van der Waals surface area contributed by atoms with Crippen LogP contribution in [0.5, 0.6) is 0 Å². The lowest BCUT2D eigenvalue weighted by atomic mass is 9.99. The van der Waals surface area contributed by atoms with Crippen molar-refractivity contribution in [1.29, 1.82) is 0 Å². The molecule has 0 aromatic heterocycles. The Balaban J connectivity index is 2.37. The largest absolute Gasteiger partial charge is 0.394 e. The predicted octanol–water partition coefficient (Wildman–Crippen LogP) is 9.87. The predicted molar refractivity (Wildman–Crippen MR) is 241 cm³/mol. The quantitative estimate of drug-likeness (QED) is 0.0234. The van der Waals surface area contributed by atoms with E-state index in [1.165, 1.54) is 167 Å². The number of allylic oxidation sites excluding steroid dienone is 1. The number of carbonyl (C=O) groups excluding carboxylic acids is 1. The third-order valence-electron chi connectivity index (χ3n) is 12.2. The highest BCUT2D eigenvalue weighted by Crippen LogP contribution is 2.23. The minimum Gasteiger partial charge on any atom is -0.394 e. The summed E-state index contributed by atoms with van der Waals surface area (Å²) in [6.45, 7) is 3.63. The van der Waals surface area contributed by atoms with Crippen molar-refractivity contribution in [3.8, 4) is 0 Å². The first kappa shape index (κ1) is 55.9. The maximum Gasteiger partial charge on any atom is 0.249 e. The molecule has 0 aromatic carbocycles. The molecule has 0 aliphatic carbocycles. The fourth-order valence-electron chi connectivity index (χ4n) is 8.11. The van der Waals surface area contributed by atoms with E-state index in [0.29, 0.717) is 6.42 Å². The van der Waals surface area contributed by atoms with Crippen molar-refractivity contribution >= 4 is 5.91 Å². The molecule has 0 saturated carbocycles. The van der Waals surface area contributed by atoms with Crippen LogP contribution in [0.15, 0.2) is 12.2 Å². The Hall–Kier alpha value is -1.11. The second-order valence-corrected chi connectivity index (χ2v) is 17.8. The summed E-state index contributed by atoms with van der Waals surface area (Å²) in [5.74, 6) is -0.612. The summed E-state index contributed by atoms with van der Waals surface area (Å²) in [5, 5.41) is 64.8. The summed E-state index contributed by atoms with van der Waals surface area (Å²) >= 11 is 0.